The second-order valence-corrected chi connectivity index (χ2v) is 5.17. The van der Waals surface area contributed by atoms with Gasteiger partial charge in [0.1, 0.15) is 0 Å². The van der Waals surface area contributed by atoms with Crippen LogP contribution in [0, 0.1) is 0 Å². The van der Waals surface area contributed by atoms with Gasteiger partial charge in [-0.1, -0.05) is 24.3 Å². The first-order chi connectivity index (χ1) is 9.72. The molecule has 0 radical (unpaired) electrons. The standard InChI is InChI=1S/C15H22N2O3.ClH/c18-10-14(11-19)16-15(20)9-17-7-5-12-3-1-2-4-13(12)6-8-17;/h1-4,14,18-19H,5-11H2,(H,16,20);1H. The summed E-state index contributed by atoms with van der Waals surface area (Å²) >= 11 is 0. The number of halogens is 1. The average Bonchev–Trinajstić information content (AvgIpc) is 2.67. The Hall–Kier alpha value is -1.14. The van der Waals surface area contributed by atoms with E-state index in [-0.39, 0.29) is 31.5 Å². The summed E-state index contributed by atoms with van der Waals surface area (Å²) in [4.78, 5) is 14.0. The van der Waals surface area contributed by atoms with Crippen molar-refractivity contribution in [3.63, 3.8) is 0 Å². The van der Waals surface area contributed by atoms with Gasteiger partial charge in [0.2, 0.25) is 5.91 Å². The molecule has 0 bridgehead atoms. The third-order valence-corrected chi connectivity index (χ3v) is 3.69. The Balaban J connectivity index is 0.00000220. The van der Waals surface area contributed by atoms with Crippen LogP contribution in [0.1, 0.15) is 11.1 Å². The number of aliphatic hydroxyl groups is 2. The van der Waals surface area contributed by atoms with Gasteiger partial charge in [0.05, 0.1) is 25.8 Å². The van der Waals surface area contributed by atoms with Gasteiger partial charge in [-0.2, -0.15) is 0 Å². The molecule has 5 nitrogen and oxygen atoms in total. The maximum absolute atomic E-state index is 11.8. The Morgan fingerprint density at radius 2 is 1.67 bits per heavy atom. The molecule has 1 aliphatic rings. The van der Waals surface area contributed by atoms with Crippen molar-refractivity contribution >= 4 is 18.3 Å². The highest BCUT2D eigenvalue weighted by molar-refractivity contribution is 5.85. The molecule has 0 fully saturated rings. The lowest BCUT2D eigenvalue weighted by Crippen LogP contribution is -2.45. The van der Waals surface area contributed by atoms with Crippen LogP contribution in [0.3, 0.4) is 0 Å². The molecule has 1 aromatic rings. The summed E-state index contributed by atoms with van der Waals surface area (Å²) in [6.45, 7) is 1.53. The van der Waals surface area contributed by atoms with Crippen LogP contribution in [0.2, 0.25) is 0 Å². The van der Waals surface area contributed by atoms with Gasteiger partial charge >= 0.3 is 0 Å². The van der Waals surface area contributed by atoms with Crippen molar-refractivity contribution in [2.45, 2.75) is 18.9 Å². The zero-order chi connectivity index (χ0) is 14.4. The molecule has 6 heteroatoms. The van der Waals surface area contributed by atoms with Crippen LogP contribution in [-0.2, 0) is 17.6 Å². The number of carbonyl (C=O) groups is 1. The molecule has 0 saturated carbocycles. The quantitative estimate of drug-likeness (QED) is 0.714. The largest absolute Gasteiger partial charge is 0.394 e. The van der Waals surface area contributed by atoms with Crippen molar-refractivity contribution in [1.82, 2.24) is 10.2 Å². The summed E-state index contributed by atoms with van der Waals surface area (Å²) in [6, 6.07) is 7.83. The minimum Gasteiger partial charge on any atom is -0.394 e. The molecule has 0 aliphatic carbocycles. The van der Waals surface area contributed by atoms with Crippen LogP contribution in [0.25, 0.3) is 0 Å². The molecular weight excluding hydrogens is 292 g/mol. The first kappa shape index (κ1) is 17.9. The number of nitrogens with zero attached hydrogens (tertiary/aromatic N) is 1. The summed E-state index contributed by atoms with van der Waals surface area (Å²) in [5, 5.41) is 20.5. The molecule has 1 aromatic carbocycles. The van der Waals surface area contributed by atoms with E-state index in [9.17, 15) is 4.79 Å². The van der Waals surface area contributed by atoms with E-state index in [2.05, 4.69) is 22.3 Å². The normalized spacial score (nSPS) is 15.0. The number of benzene rings is 1. The number of rotatable bonds is 5. The van der Waals surface area contributed by atoms with Crippen molar-refractivity contribution in [3.8, 4) is 0 Å². The Labute approximate surface area is 131 Å². The SMILES string of the molecule is Cl.O=C(CN1CCc2ccccc2CC1)NC(CO)CO. The van der Waals surface area contributed by atoms with Gasteiger partial charge in [-0.15, -0.1) is 12.4 Å². The molecule has 118 valence electrons. The molecule has 0 spiro atoms. The van der Waals surface area contributed by atoms with Gasteiger partial charge in [-0.05, 0) is 24.0 Å². The van der Waals surface area contributed by atoms with E-state index in [1.54, 1.807) is 0 Å². The molecule has 1 heterocycles. The van der Waals surface area contributed by atoms with Crippen molar-refractivity contribution in [2.75, 3.05) is 32.8 Å². The van der Waals surface area contributed by atoms with Gasteiger partial charge in [0.15, 0.2) is 0 Å². The second kappa shape index (κ2) is 9.00. The average molecular weight is 315 g/mol. The summed E-state index contributed by atoms with van der Waals surface area (Å²) in [6.07, 6.45) is 1.90. The number of carbonyl (C=O) groups excluding carboxylic acids is 1. The number of amides is 1. The molecule has 0 atom stereocenters. The molecule has 2 rings (SSSR count). The van der Waals surface area contributed by atoms with Crippen molar-refractivity contribution in [3.05, 3.63) is 35.4 Å². The minimum atomic E-state index is -0.563. The highest BCUT2D eigenvalue weighted by atomic mass is 35.5. The molecule has 0 unspecified atom stereocenters. The van der Waals surface area contributed by atoms with E-state index >= 15 is 0 Å². The van der Waals surface area contributed by atoms with Gasteiger partial charge < -0.3 is 15.5 Å². The van der Waals surface area contributed by atoms with E-state index in [4.69, 9.17) is 10.2 Å². The van der Waals surface area contributed by atoms with Crippen LogP contribution in [0.15, 0.2) is 24.3 Å². The zero-order valence-corrected chi connectivity index (χ0v) is 12.8. The smallest absolute Gasteiger partial charge is 0.234 e. The molecule has 3 N–H and O–H groups in total. The number of aliphatic hydroxyl groups excluding tert-OH is 2. The number of hydrogen-bond donors (Lipinski definition) is 3. The fraction of sp³-hybridized carbons (Fsp3) is 0.533. The topological polar surface area (TPSA) is 72.8 Å². The molecule has 1 amide bonds. The molecule has 21 heavy (non-hydrogen) atoms. The Kier molecular flexibility index (Phi) is 7.67. The summed E-state index contributed by atoms with van der Waals surface area (Å²) in [7, 11) is 0. The monoisotopic (exact) mass is 314 g/mol. The van der Waals surface area contributed by atoms with E-state index in [0.717, 1.165) is 25.9 Å². The fourth-order valence-electron chi connectivity index (χ4n) is 2.50. The van der Waals surface area contributed by atoms with Crippen LogP contribution in [0.5, 0.6) is 0 Å². The van der Waals surface area contributed by atoms with Gasteiger partial charge in [-0.3, -0.25) is 9.69 Å². The summed E-state index contributed by atoms with van der Waals surface area (Å²) in [5.74, 6) is -0.149. The Bertz CT molecular complexity index is 425. The first-order valence-electron chi connectivity index (χ1n) is 7.03. The van der Waals surface area contributed by atoms with Crippen LogP contribution < -0.4 is 5.32 Å². The van der Waals surface area contributed by atoms with Crippen molar-refractivity contribution in [2.24, 2.45) is 0 Å². The summed E-state index contributed by atoms with van der Waals surface area (Å²) < 4.78 is 0. The van der Waals surface area contributed by atoms with E-state index in [1.165, 1.54) is 11.1 Å². The number of nitrogens with one attached hydrogen (secondary N) is 1. The lowest BCUT2D eigenvalue weighted by atomic mass is 10.0. The predicted octanol–water partition coefficient (Wildman–Crippen LogP) is -0.0216. The van der Waals surface area contributed by atoms with Gasteiger partial charge in [-0.25, -0.2) is 0 Å². The van der Waals surface area contributed by atoms with E-state index < -0.39 is 6.04 Å². The molecular formula is C15H23ClN2O3. The third-order valence-electron chi connectivity index (χ3n) is 3.69. The molecule has 0 aromatic heterocycles. The van der Waals surface area contributed by atoms with Gasteiger partial charge in [0, 0.05) is 13.1 Å². The van der Waals surface area contributed by atoms with E-state index in [0.29, 0.717) is 6.54 Å². The highest BCUT2D eigenvalue weighted by Gasteiger charge is 2.17. The maximum Gasteiger partial charge on any atom is 0.234 e. The second-order valence-electron chi connectivity index (χ2n) is 5.17. The number of fused-ring (bicyclic) bond motifs is 1. The third kappa shape index (κ3) is 5.28. The number of hydrogen-bond acceptors (Lipinski definition) is 4. The van der Waals surface area contributed by atoms with Crippen LogP contribution in [0.4, 0.5) is 0 Å². The highest BCUT2D eigenvalue weighted by Crippen LogP contribution is 2.15. The molecule has 0 saturated heterocycles. The Morgan fingerprint density at radius 3 is 2.14 bits per heavy atom. The predicted molar refractivity (Wildman–Crippen MR) is 83.6 cm³/mol. The molecule has 1 aliphatic heterocycles. The van der Waals surface area contributed by atoms with Gasteiger partial charge in [0.25, 0.3) is 0 Å². The summed E-state index contributed by atoms with van der Waals surface area (Å²) in [5.41, 5.74) is 2.72. The van der Waals surface area contributed by atoms with Crippen molar-refractivity contribution < 1.29 is 15.0 Å². The lowest BCUT2D eigenvalue weighted by Gasteiger charge is -2.21. The minimum absolute atomic E-state index is 0. The van der Waals surface area contributed by atoms with Crippen LogP contribution in [-0.4, -0.2) is 59.9 Å². The lowest BCUT2D eigenvalue weighted by molar-refractivity contribution is -0.123. The zero-order valence-electron chi connectivity index (χ0n) is 12.0. The Morgan fingerprint density at radius 1 is 1.14 bits per heavy atom. The fourth-order valence-corrected chi connectivity index (χ4v) is 2.50. The maximum atomic E-state index is 11.8. The van der Waals surface area contributed by atoms with Crippen LogP contribution >= 0.6 is 12.4 Å². The van der Waals surface area contributed by atoms with Crippen molar-refractivity contribution in [1.29, 1.82) is 0 Å². The first-order valence-corrected chi connectivity index (χ1v) is 7.03. The van der Waals surface area contributed by atoms with E-state index in [1.807, 2.05) is 12.1 Å².